The third-order valence-electron chi connectivity index (χ3n) is 5.33. The van der Waals surface area contributed by atoms with E-state index in [-0.39, 0.29) is 18.2 Å². The number of carbonyl (C=O) groups is 2. The molecular formula is C22H23ClO3. The van der Waals surface area contributed by atoms with E-state index in [1.165, 1.54) is 11.1 Å². The van der Waals surface area contributed by atoms with E-state index < -0.39 is 12.0 Å². The predicted octanol–water partition coefficient (Wildman–Crippen LogP) is 5.20. The van der Waals surface area contributed by atoms with E-state index in [1.807, 2.05) is 43.3 Å². The van der Waals surface area contributed by atoms with Gasteiger partial charge in [0, 0.05) is 23.4 Å². The molecule has 2 unspecified atom stereocenters. The molecule has 2 aromatic rings. The Kier molecular flexibility index (Phi) is 5.47. The highest BCUT2D eigenvalue weighted by Crippen LogP contribution is 2.46. The van der Waals surface area contributed by atoms with Gasteiger partial charge in [-0.1, -0.05) is 36.4 Å². The Bertz CT molecular complexity index is 856. The number of ether oxygens (including phenoxy) is 1. The number of hydrogen-bond donors (Lipinski definition) is 0. The minimum Gasteiger partial charge on any atom is -0.456 e. The van der Waals surface area contributed by atoms with Crippen molar-refractivity contribution < 1.29 is 14.3 Å². The summed E-state index contributed by atoms with van der Waals surface area (Å²) in [6, 6.07) is 11.4. The van der Waals surface area contributed by atoms with Crippen LogP contribution < -0.4 is 0 Å². The van der Waals surface area contributed by atoms with Gasteiger partial charge in [-0.3, -0.25) is 9.59 Å². The zero-order chi connectivity index (χ0) is 18.8. The van der Waals surface area contributed by atoms with Crippen molar-refractivity contribution >= 4 is 23.4 Å². The van der Waals surface area contributed by atoms with Gasteiger partial charge in [0.1, 0.15) is 6.10 Å². The van der Waals surface area contributed by atoms with Gasteiger partial charge in [-0.15, -0.1) is 11.6 Å². The normalized spacial score (nSPS) is 18.7. The topological polar surface area (TPSA) is 43.4 Å². The maximum absolute atomic E-state index is 13.1. The molecule has 2 atom stereocenters. The van der Waals surface area contributed by atoms with Crippen molar-refractivity contribution in [2.75, 3.05) is 5.88 Å². The lowest BCUT2D eigenvalue weighted by molar-refractivity contribution is -0.149. The van der Waals surface area contributed by atoms with Crippen LogP contribution in [0.3, 0.4) is 0 Å². The average Bonchev–Trinajstić information content (AvgIpc) is 2.91. The van der Waals surface area contributed by atoms with Crippen molar-refractivity contribution in [2.45, 2.75) is 45.6 Å². The monoisotopic (exact) mass is 370 g/mol. The molecule has 136 valence electrons. The Morgan fingerprint density at radius 1 is 1.04 bits per heavy atom. The van der Waals surface area contributed by atoms with Crippen molar-refractivity contribution in [1.29, 1.82) is 0 Å². The molecule has 0 N–H and O–H groups in total. The summed E-state index contributed by atoms with van der Waals surface area (Å²) in [6.07, 6.45) is 0.243. The van der Waals surface area contributed by atoms with Gasteiger partial charge in [0.05, 0.1) is 5.92 Å². The minimum atomic E-state index is -0.581. The highest BCUT2D eigenvalue weighted by Gasteiger charge is 2.43. The molecule has 3 rings (SSSR count). The second kappa shape index (κ2) is 7.63. The third kappa shape index (κ3) is 3.28. The second-order valence-electron chi connectivity index (χ2n) is 6.85. The first-order valence-electron chi connectivity index (χ1n) is 8.91. The van der Waals surface area contributed by atoms with Crippen molar-refractivity contribution in [3.63, 3.8) is 0 Å². The molecule has 0 heterocycles. The number of halogens is 1. The van der Waals surface area contributed by atoms with Crippen LogP contribution in [0.15, 0.2) is 36.4 Å². The highest BCUT2D eigenvalue weighted by atomic mass is 35.5. The average molecular weight is 371 g/mol. The fraction of sp³-hybridized carbons (Fsp3) is 0.364. The van der Waals surface area contributed by atoms with Crippen LogP contribution in [0.1, 0.15) is 63.0 Å². The number of carbonyl (C=O) groups excluding carboxylic acids is 2. The molecule has 1 aliphatic rings. The quantitative estimate of drug-likeness (QED) is 0.537. The Hall–Kier alpha value is -2.13. The Balaban J connectivity index is 2.04. The lowest BCUT2D eigenvalue weighted by Gasteiger charge is -2.23. The van der Waals surface area contributed by atoms with Crippen LogP contribution in [0.4, 0.5) is 0 Å². The molecule has 0 aliphatic heterocycles. The lowest BCUT2D eigenvalue weighted by atomic mass is 9.86. The number of benzene rings is 2. The van der Waals surface area contributed by atoms with Crippen molar-refractivity contribution in [3.8, 4) is 0 Å². The van der Waals surface area contributed by atoms with E-state index in [0.717, 1.165) is 16.7 Å². The maximum atomic E-state index is 13.1. The van der Waals surface area contributed by atoms with Crippen LogP contribution in [-0.4, -0.2) is 17.6 Å². The number of Topliss-reactive ketones (excluding diaryl/α,β-unsaturated/α-hetero) is 1. The largest absolute Gasteiger partial charge is 0.456 e. The Labute approximate surface area is 159 Å². The summed E-state index contributed by atoms with van der Waals surface area (Å²) in [7, 11) is 0. The van der Waals surface area contributed by atoms with Gasteiger partial charge in [0.25, 0.3) is 0 Å². The van der Waals surface area contributed by atoms with Crippen LogP contribution >= 0.6 is 11.6 Å². The molecule has 0 aromatic heterocycles. The van der Waals surface area contributed by atoms with Crippen LogP contribution in [0.2, 0.25) is 0 Å². The molecule has 26 heavy (non-hydrogen) atoms. The molecule has 0 saturated carbocycles. The van der Waals surface area contributed by atoms with Gasteiger partial charge < -0.3 is 4.74 Å². The number of rotatable bonds is 5. The van der Waals surface area contributed by atoms with E-state index in [9.17, 15) is 9.59 Å². The molecule has 4 heteroatoms. The van der Waals surface area contributed by atoms with Gasteiger partial charge in [0.15, 0.2) is 5.78 Å². The number of aryl methyl sites for hydroxylation is 1. The smallest absolute Gasteiger partial charge is 0.306 e. The van der Waals surface area contributed by atoms with E-state index in [1.54, 1.807) is 0 Å². The molecule has 0 radical (unpaired) electrons. The summed E-state index contributed by atoms with van der Waals surface area (Å²) in [5.41, 5.74) is 5.80. The fourth-order valence-corrected chi connectivity index (χ4v) is 3.75. The zero-order valence-corrected chi connectivity index (χ0v) is 16.1. The van der Waals surface area contributed by atoms with E-state index in [2.05, 4.69) is 13.8 Å². The predicted molar refractivity (Wildman–Crippen MR) is 103 cm³/mol. The highest BCUT2D eigenvalue weighted by molar-refractivity contribution is 6.17. The summed E-state index contributed by atoms with van der Waals surface area (Å²) in [6.45, 7) is 6.14. The first-order chi connectivity index (χ1) is 12.5. The fourth-order valence-electron chi connectivity index (χ4n) is 3.62. The van der Waals surface area contributed by atoms with Crippen LogP contribution in [0.5, 0.6) is 0 Å². The summed E-state index contributed by atoms with van der Waals surface area (Å²) in [5.74, 6) is -0.380. The summed E-state index contributed by atoms with van der Waals surface area (Å²) >= 11 is 5.68. The van der Waals surface area contributed by atoms with Gasteiger partial charge in [-0.25, -0.2) is 0 Å². The molecule has 0 saturated heterocycles. The number of hydrogen-bond acceptors (Lipinski definition) is 3. The van der Waals surface area contributed by atoms with Gasteiger partial charge >= 0.3 is 5.97 Å². The molecule has 1 aliphatic carbocycles. The minimum absolute atomic E-state index is 0.0158. The van der Waals surface area contributed by atoms with Gasteiger partial charge in [-0.2, -0.15) is 0 Å². The first-order valence-corrected chi connectivity index (χ1v) is 9.44. The van der Waals surface area contributed by atoms with Crippen molar-refractivity contribution in [3.05, 3.63) is 69.8 Å². The van der Waals surface area contributed by atoms with E-state index in [0.29, 0.717) is 17.9 Å². The molecule has 0 bridgehead atoms. The zero-order valence-electron chi connectivity index (χ0n) is 15.3. The number of ketones is 1. The standard InChI is InChI=1S/C22H23ClO3/c1-13-10-11-16(15(3)14(13)2)20-21(25)17-7-4-5-8-18(17)22(20)26-19(24)9-6-12-23/h4-5,7-8,10-11,20,22H,6,9,12H2,1-3H3. The lowest BCUT2D eigenvalue weighted by Crippen LogP contribution is -2.19. The van der Waals surface area contributed by atoms with E-state index >= 15 is 0 Å². The molecule has 0 amide bonds. The molecule has 3 nitrogen and oxygen atoms in total. The SMILES string of the molecule is Cc1ccc(C2C(=O)c3ccccc3C2OC(=O)CCCCl)c(C)c1C. The summed E-state index contributed by atoms with van der Waals surface area (Å²) in [4.78, 5) is 25.4. The maximum Gasteiger partial charge on any atom is 0.306 e. The molecular weight excluding hydrogens is 348 g/mol. The summed E-state index contributed by atoms with van der Waals surface area (Å²) in [5, 5.41) is 0. The molecule has 2 aromatic carbocycles. The Morgan fingerprint density at radius 2 is 1.77 bits per heavy atom. The van der Waals surface area contributed by atoms with Crippen LogP contribution in [0.25, 0.3) is 0 Å². The van der Waals surface area contributed by atoms with E-state index in [4.69, 9.17) is 16.3 Å². The number of fused-ring (bicyclic) bond motifs is 1. The van der Waals surface area contributed by atoms with Crippen molar-refractivity contribution in [2.24, 2.45) is 0 Å². The van der Waals surface area contributed by atoms with Crippen molar-refractivity contribution in [1.82, 2.24) is 0 Å². The third-order valence-corrected chi connectivity index (χ3v) is 5.59. The second-order valence-corrected chi connectivity index (χ2v) is 7.23. The van der Waals surface area contributed by atoms with Gasteiger partial charge in [0.2, 0.25) is 0 Å². The van der Waals surface area contributed by atoms with Gasteiger partial charge in [-0.05, 0) is 49.4 Å². The Morgan fingerprint density at radius 3 is 2.50 bits per heavy atom. The van der Waals surface area contributed by atoms with Crippen LogP contribution in [-0.2, 0) is 9.53 Å². The summed E-state index contributed by atoms with van der Waals surface area (Å²) < 4.78 is 5.78. The number of alkyl halides is 1. The number of esters is 1. The van der Waals surface area contributed by atoms with Crippen LogP contribution in [0, 0.1) is 20.8 Å². The molecule has 0 spiro atoms. The molecule has 0 fully saturated rings. The first kappa shape index (κ1) is 18.7.